The van der Waals surface area contributed by atoms with Gasteiger partial charge in [-0.25, -0.2) is 4.90 Å². The lowest BCUT2D eigenvalue weighted by Crippen LogP contribution is -2.37. The highest BCUT2D eigenvalue weighted by Crippen LogP contribution is 2.47. The topological polar surface area (TPSA) is 110 Å². The number of aryl methyl sites for hydroxylation is 2. The Labute approximate surface area is 201 Å². The number of hydrogen-bond donors (Lipinski definition) is 2. The molecule has 2 aliphatic heterocycles. The second-order valence-corrected chi connectivity index (χ2v) is 9.43. The molecule has 178 valence electrons. The van der Waals surface area contributed by atoms with Crippen LogP contribution in [0.25, 0.3) is 21.8 Å². The van der Waals surface area contributed by atoms with Gasteiger partial charge in [0.25, 0.3) is 0 Å². The van der Waals surface area contributed by atoms with Crippen molar-refractivity contribution in [3.8, 4) is 0 Å². The van der Waals surface area contributed by atoms with E-state index in [0.717, 1.165) is 57.2 Å². The van der Waals surface area contributed by atoms with Gasteiger partial charge < -0.3 is 20.0 Å². The van der Waals surface area contributed by atoms with Gasteiger partial charge in [-0.3, -0.25) is 14.4 Å². The predicted octanol–water partition coefficient (Wildman–Crippen LogP) is 3.15. The number of carbonyl (C=O) groups excluding carboxylic acids is 3. The van der Waals surface area contributed by atoms with Crippen LogP contribution in [0.15, 0.2) is 54.9 Å². The van der Waals surface area contributed by atoms with Crippen LogP contribution in [-0.4, -0.2) is 45.0 Å². The first-order valence-corrected chi connectivity index (χ1v) is 11.9. The summed E-state index contributed by atoms with van der Waals surface area (Å²) in [5.74, 6) is -2.88. The summed E-state index contributed by atoms with van der Waals surface area (Å²) in [6.07, 6.45) is 5.86. The Morgan fingerprint density at radius 1 is 1.09 bits per heavy atom. The average molecular weight is 471 g/mol. The van der Waals surface area contributed by atoms with Gasteiger partial charge in [0.1, 0.15) is 6.04 Å². The number of likely N-dealkylation sites (tertiary alicyclic amines) is 1. The minimum Gasteiger partial charge on any atom is -0.443 e. The fraction of sp³-hybridized carbons (Fsp3) is 0.296. The number of nitrogens with two attached hydrogens (primary N) is 1. The van der Waals surface area contributed by atoms with Crippen LogP contribution in [-0.2, 0) is 32.1 Å². The fourth-order valence-corrected chi connectivity index (χ4v) is 5.62. The van der Waals surface area contributed by atoms with Crippen molar-refractivity contribution in [1.29, 1.82) is 0 Å². The summed E-state index contributed by atoms with van der Waals surface area (Å²) in [6.45, 7) is 1.93. The largest absolute Gasteiger partial charge is 0.443 e. The lowest BCUT2D eigenvalue weighted by atomic mass is 9.83. The molecule has 0 saturated carbocycles. The fourth-order valence-electron chi connectivity index (χ4n) is 5.62. The third-order valence-corrected chi connectivity index (χ3v) is 7.25. The second kappa shape index (κ2) is 8.09. The van der Waals surface area contributed by atoms with E-state index in [2.05, 4.69) is 15.6 Å². The molecule has 6 rings (SSSR count). The summed E-state index contributed by atoms with van der Waals surface area (Å²) in [4.78, 5) is 43.9. The summed E-state index contributed by atoms with van der Waals surface area (Å²) >= 11 is 0. The van der Waals surface area contributed by atoms with Crippen LogP contribution >= 0.6 is 0 Å². The average Bonchev–Trinajstić information content (AvgIpc) is 3.51. The van der Waals surface area contributed by atoms with Gasteiger partial charge >= 0.3 is 5.97 Å². The SMILES string of the molecule is CC(N)C(=O)OCN1C(=O)[C@H](c2c[nH]c3ccccc23)[C@@H](c2cn3c4c(cccc24)CCC3)C1=O. The summed E-state index contributed by atoms with van der Waals surface area (Å²) in [5.41, 5.74) is 10.5. The number of H-pyrrole nitrogens is 1. The number of carbonyl (C=O) groups is 3. The number of para-hydroxylation sites is 2. The monoisotopic (exact) mass is 470 g/mol. The minimum absolute atomic E-state index is 0.369. The zero-order valence-electron chi connectivity index (χ0n) is 19.4. The lowest BCUT2D eigenvalue weighted by molar-refractivity contribution is -0.156. The maximum absolute atomic E-state index is 13.8. The molecule has 1 fully saturated rings. The van der Waals surface area contributed by atoms with Crippen LogP contribution < -0.4 is 5.73 Å². The van der Waals surface area contributed by atoms with E-state index in [0.29, 0.717) is 0 Å². The van der Waals surface area contributed by atoms with Crippen molar-refractivity contribution in [2.24, 2.45) is 5.73 Å². The van der Waals surface area contributed by atoms with E-state index in [-0.39, 0.29) is 11.8 Å². The number of hydrogen-bond acceptors (Lipinski definition) is 5. The maximum Gasteiger partial charge on any atom is 0.324 e. The van der Waals surface area contributed by atoms with Crippen LogP contribution in [0.2, 0.25) is 0 Å². The molecular formula is C27H26N4O4. The number of amides is 2. The van der Waals surface area contributed by atoms with Gasteiger partial charge in [-0.2, -0.15) is 0 Å². The molecular weight excluding hydrogens is 444 g/mol. The quantitative estimate of drug-likeness (QED) is 0.344. The summed E-state index contributed by atoms with van der Waals surface area (Å²) < 4.78 is 7.42. The molecule has 2 aromatic heterocycles. The first-order chi connectivity index (χ1) is 17.0. The molecule has 1 unspecified atom stereocenters. The number of esters is 1. The molecule has 0 spiro atoms. The molecule has 8 heteroatoms. The van der Waals surface area contributed by atoms with Gasteiger partial charge in [0.05, 0.1) is 17.4 Å². The number of aromatic amines is 1. The van der Waals surface area contributed by atoms with Gasteiger partial charge in [0, 0.05) is 35.2 Å². The van der Waals surface area contributed by atoms with Crippen molar-refractivity contribution in [1.82, 2.24) is 14.5 Å². The number of nitrogens with zero attached hydrogens (tertiary/aromatic N) is 2. The molecule has 0 radical (unpaired) electrons. The summed E-state index contributed by atoms with van der Waals surface area (Å²) in [7, 11) is 0. The number of imide groups is 1. The van der Waals surface area contributed by atoms with E-state index in [9.17, 15) is 14.4 Å². The highest BCUT2D eigenvalue weighted by Gasteiger charge is 2.51. The van der Waals surface area contributed by atoms with Crippen LogP contribution in [0.4, 0.5) is 0 Å². The molecule has 4 heterocycles. The van der Waals surface area contributed by atoms with E-state index < -0.39 is 30.6 Å². The van der Waals surface area contributed by atoms with Gasteiger partial charge in [0.2, 0.25) is 11.8 Å². The Bertz CT molecular complexity index is 1500. The van der Waals surface area contributed by atoms with Gasteiger partial charge in [-0.15, -0.1) is 0 Å². The van der Waals surface area contributed by atoms with Crippen molar-refractivity contribution >= 4 is 39.6 Å². The standard InChI is InChI=1S/C27H26N4O4/c1-15(28)27(34)35-14-31-25(32)22(19-12-29-21-10-3-2-8-17(19)21)23(26(31)33)20-13-30-11-5-7-16-6-4-9-18(20)24(16)30/h2-4,6,8-10,12-13,15,22-23,29H,5,7,11,14,28H2,1H3/t15?,22-,23-/m1/s1. The highest BCUT2D eigenvalue weighted by molar-refractivity contribution is 6.13. The van der Waals surface area contributed by atoms with Gasteiger partial charge in [-0.1, -0.05) is 36.4 Å². The van der Waals surface area contributed by atoms with E-state index in [1.54, 1.807) is 0 Å². The predicted molar refractivity (Wildman–Crippen MR) is 131 cm³/mol. The molecule has 35 heavy (non-hydrogen) atoms. The van der Waals surface area contributed by atoms with Crippen LogP contribution in [0.5, 0.6) is 0 Å². The first kappa shape index (κ1) is 21.6. The zero-order chi connectivity index (χ0) is 24.3. The molecule has 4 aromatic rings. The van der Waals surface area contributed by atoms with Gasteiger partial charge in [0.15, 0.2) is 6.73 Å². The summed E-state index contributed by atoms with van der Waals surface area (Å²) in [6, 6.07) is 13.0. The minimum atomic E-state index is -0.846. The molecule has 3 atom stereocenters. The molecule has 3 N–H and O–H groups in total. The Balaban J connectivity index is 1.50. The molecule has 0 bridgehead atoms. The third-order valence-electron chi connectivity index (χ3n) is 7.25. The molecule has 2 aliphatic rings. The summed E-state index contributed by atoms with van der Waals surface area (Å²) in [5, 5.41) is 1.89. The Hall–Kier alpha value is -3.91. The molecule has 0 aliphatic carbocycles. The number of rotatable bonds is 5. The van der Waals surface area contributed by atoms with Crippen molar-refractivity contribution in [2.45, 2.75) is 44.2 Å². The molecule has 1 saturated heterocycles. The number of nitrogens with one attached hydrogen (secondary N) is 1. The van der Waals surface area contributed by atoms with E-state index in [1.807, 2.05) is 48.8 Å². The Kier molecular flexibility index (Phi) is 5.00. The van der Waals surface area contributed by atoms with Crippen LogP contribution in [0, 0.1) is 0 Å². The molecule has 8 nitrogen and oxygen atoms in total. The number of ether oxygens (including phenoxy) is 1. The van der Waals surface area contributed by atoms with Crippen molar-refractivity contribution in [2.75, 3.05) is 6.73 Å². The lowest BCUT2D eigenvalue weighted by Gasteiger charge is -2.15. The number of aromatic nitrogens is 2. The normalized spacial score (nSPS) is 20.7. The highest BCUT2D eigenvalue weighted by atomic mass is 16.5. The van der Waals surface area contributed by atoms with Crippen molar-refractivity contribution in [3.05, 3.63) is 71.5 Å². The number of benzene rings is 2. The van der Waals surface area contributed by atoms with Crippen molar-refractivity contribution in [3.63, 3.8) is 0 Å². The van der Waals surface area contributed by atoms with Crippen molar-refractivity contribution < 1.29 is 19.1 Å². The zero-order valence-corrected chi connectivity index (χ0v) is 19.4. The molecule has 2 amide bonds. The second-order valence-electron chi connectivity index (χ2n) is 9.43. The first-order valence-electron chi connectivity index (χ1n) is 11.9. The number of fused-ring (bicyclic) bond motifs is 1. The smallest absolute Gasteiger partial charge is 0.324 e. The third kappa shape index (κ3) is 3.28. The van der Waals surface area contributed by atoms with Crippen LogP contribution in [0.3, 0.4) is 0 Å². The van der Waals surface area contributed by atoms with Crippen LogP contribution in [0.1, 0.15) is 41.9 Å². The Morgan fingerprint density at radius 3 is 2.63 bits per heavy atom. The van der Waals surface area contributed by atoms with E-state index in [1.165, 1.54) is 12.5 Å². The van der Waals surface area contributed by atoms with E-state index in [4.69, 9.17) is 10.5 Å². The Morgan fingerprint density at radius 2 is 1.83 bits per heavy atom. The van der Waals surface area contributed by atoms with Gasteiger partial charge in [-0.05, 0) is 42.5 Å². The maximum atomic E-state index is 13.8. The molecule has 2 aromatic carbocycles. The van der Waals surface area contributed by atoms with E-state index >= 15 is 0 Å².